The number of aromatic nitrogens is 6. The maximum atomic E-state index is 11.5. The number of rotatable bonds is 5. The fraction of sp³-hybridized carbons (Fsp3) is 0.0526. The van der Waals surface area contributed by atoms with Gasteiger partial charge in [-0.05, 0) is 30.3 Å². The lowest BCUT2D eigenvalue weighted by Gasteiger charge is -2.07. The normalized spacial score (nSPS) is 10.6. The van der Waals surface area contributed by atoms with Crippen molar-refractivity contribution in [1.29, 1.82) is 0 Å². The molecule has 0 bridgehead atoms. The van der Waals surface area contributed by atoms with E-state index in [-0.39, 0.29) is 5.69 Å². The number of nitrogens with zero attached hydrogens (tertiary/aromatic N) is 6. The quantitative estimate of drug-likeness (QED) is 0.459. The first-order valence-corrected chi connectivity index (χ1v) is 9.16. The van der Waals surface area contributed by atoms with Crippen LogP contribution in [-0.4, -0.2) is 41.6 Å². The van der Waals surface area contributed by atoms with Crippen LogP contribution in [0.25, 0.3) is 22.8 Å². The van der Waals surface area contributed by atoms with Crippen LogP contribution in [0.3, 0.4) is 0 Å². The number of carbonyl (C=O) groups excluding carboxylic acids is 1. The highest BCUT2D eigenvalue weighted by molar-refractivity contribution is 9.08. The number of methoxy groups -OCH3 is 1. The van der Waals surface area contributed by atoms with Crippen molar-refractivity contribution in [2.75, 3.05) is 12.4 Å². The number of anilines is 2. The molecule has 4 heterocycles. The average molecular weight is 452 g/mol. The molecule has 0 aromatic carbocycles. The molecule has 0 spiro atoms. The molecule has 4 rings (SSSR count). The van der Waals surface area contributed by atoms with E-state index in [0.29, 0.717) is 23.2 Å². The summed E-state index contributed by atoms with van der Waals surface area (Å²) < 4.78 is 6.36. The van der Waals surface area contributed by atoms with Crippen LogP contribution in [0.1, 0.15) is 10.5 Å². The first kappa shape index (κ1) is 18.7. The van der Waals surface area contributed by atoms with E-state index in [4.69, 9.17) is 0 Å². The van der Waals surface area contributed by atoms with Gasteiger partial charge in [-0.2, -0.15) is 0 Å². The molecule has 0 saturated heterocycles. The molecule has 0 unspecified atom stereocenters. The Morgan fingerprint density at radius 2 is 1.90 bits per heavy atom. The van der Waals surface area contributed by atoms with Crippen LogP contribution < -0.4 is 5.32 Å². The number of imidazole rings is 1. The van der Waals surface area contributed by atoms with Gasteiger partial charge in [0.1, 0.15) is 11.4 Å². The standard InChI is InChI=1S/C19H14BrN7O2/c1-29-18(28)16-5-3-13(11-24-16)25-19-22-7-6-14(26-19)12-2-4-15(23-10-12)17-21-8-9-27(17)20/h2-11H,1H3,(H,22,25,26). The summed E-state index contributed by atoms with van der Waals surface area (Å²) in [4.78, 5) is 33.0. The first-order chi connectivity index (χ1) is 14.1. The van der Waals surface area contributed by atoms with Gasteiger partial charge < -0.3 is 10.1 Å². The highest BCUT2D eigenvalue weighted by atomic mass is 79.9. The van der Waals surface area contributed by atoms with Gasteiger partial charge in [-0.1, -0.05) is 0 Å². The molecule has 0 atom stereocenters. The molecule has 0 saturated carbocycles. The summed E-state index contributed by atoms with van der Waals surface area (Å²) >= 11 is 3.38. The number of esters is 1. The maximum absolute atomic E-state index is 11.5. The minimum atomic E-state index is -0.492. The van der Waals surface area contributed by atoms with Crippen LogP contribution in [0.5, 0.6) is 0 Å². The number of halogens is 1. The smallest absolute Gasteiger partial charge is 0.356 e. The van der Waals surface area contributed by atoms with Gasteiger partial charge in [0.05, 0.1) is 40.8 Å². The number of carbonyl (C=O) groups is 1. The Kier molecular flexibility index (Phi) is 5.25. The van der Waals surface area contributed by atoms with E-state index in [1.807, 2.05) is 12.1 Å². The Morgan fingerprint density at radius 1 is 1.00 bits per heavy atom. The van der Waals surface area contributed by atoms with Gasteiger partial charge in [-0.15, -0.1) is 0 Å². The fourth-order valence-electron chi connectivity index (χ4n) is 2.54. The van der Waals surface area contributed by atoms with Crippen LogP contribution in [0, 0.1) is 0 Å². The third-order valence-corrected chi connectivity index (χ3v) is 4.53. The zero-order valence-electron chi connectivity index (χ0n) is 15.2. The van der Waals surface area contributed by atoms with E-state index in [1.54, 1.807) is 46.6 Å². The lowest BCUT2D eigenvalue weighted by atomic mass is 10.2. The van der Waals surface area contributed by atoms with Crippen molar-refractivity contribution in [3.63, 3.8) is 0 Å². The lowest BCUT2D eigenvalue weighted by Crippen LogP contribution is -2.04. The molecule has 29 heavy (non-hydrogen) atoms. The molecule has 0 aliphatic carbocycles. The minimum Gasteiger partial charge on any atom is -0.464 e. The van der Waals surface area contributed by atoms with Gasteiger partial charge in [0.15, 0.2) is 5.82 Å². The van der Waals surface area contributed by atoms with E-state index in [0.717, 1.165) is 11.3 Å². The highest BCUT2D eigenvalue weighted by Gasteiger charge is 2.09. The third kappa shape index (κ3) is 4.11. The van der Waals surface area contributed by atoms with Crippen molar-refractivity contribution in [2.45, 2.75) is 0 Å². The van der Waals surface area contributed by atoms with Crippen molar-refractivity contribution in [3.8, 4) is 22.8 Å². The van der Waals surface area contributed by atoms with Crippen LogP contribution in [0.2, 0.25) is 0 Å². The second-order valence-corrected chi connectivity index (χ2v) is 6.57. The highest BCUT2D eigenvalue weighted by Crippen LogP contribution is 2.22. The van der Waals surface area contributed by atoms with Gasteiger partial charge in [-0.3, -0.25) is 8.58 Å². The summed E-state index contributed by atoms with van der Waals surface area (Å²) in [6.45, 7) is 0. The Balaban J connectivity index is 1.53. The summed E-state index contributed by atoms with van der Waals surface area (Å²) in [5, 5.41) is 3.06. The zero-order chi connectivity index (χ0) is 20.2. The SMILES string of the molecule is COC(=O)c1ccc(Nc2nccc(-c3ccc(-c4nccn4Br)nc3)n2)cn1. The van der Waals surface area contributed by atoms with Gasteiger partial charge >= 0.3 is 5.97 Å². The van der Waals surface area contributed by atoms with Gasteiger partial charge in [0, 0.05) is 30.4 Å². The summed E-state index contributed by atoms with van der Waals surface area (Å²) in [6.07, 6.45) is 8.38. The summed E-state index contributed by atoms with van der Waals surface area (Å²) in [5.74, 6) is 0.618. The predicted molar refractivity (Wildman–Crippen MR) is 110 cm³/mol. The van der Waals surface area contributed by atoms with Crippen molar-refractivity contribution in [1.82, 2.24) is 28.5 Å². The van der Waals surface area contributed by atoms with E-state index < -0.39 is 5.97 Å². The molecule has 0 fully saturated rings. The number of ether oxygens (including phenoxy) is 1. The summed E-state index contributed by atoms with van der Waals surface area (Å²) in [7, 11) is 1.31. The molecule has 0 amide bonds. The van der Waals surface area contributed by atoms with Crippen LogP contribution in [-0.2, 0) is 4.74 Å². The van der Waals surface area contributed by atoms with Gasteiger partial charge in [0.2, 0.25) is 5.95 Å². The summed E-state index contributed by atoms with van der Waals surface area (Å²) in [5.41, 5.74) is 3.16. The largest absolute Gasteiger partial charge is 0.464 e. The lowest BCUT2D eigenvalue weighted by molar-refractivity contribution is 0.0594. The second kappa shape index (κ2) is 8.15. The zero-order valence-corrected chi connectivity index (χ0v) is 16.7. The van der Waals surface area contributed by atoms with Crippen LogP contribution in [0.15, 0.2) is 61.3 Å². The Labute approximate surface area is 174 Å². The molecular weight excluding hydrogens is 438 g/mol. The average Bonchev–Trinajstić information content (AvgIpc) is 3.20. The molecule has 0 radical (unpaired) electrons. The Hall–Kier alpha value is -3.66. The minimum absolute atomic E-state index is 0.225. The van der Waals surface area contributed by atoms with E-state index in [2.05, 4.69) is 51.1 Å². The molecule has 144 valence electrons. The number of hydrogen-bond acceptors (Lipinski definition) is 8. The predicted octanol–water partition coefficient (Wildman–Crippen LogP) is 3.49. The molecular formula is C19H14BrN7O2. The Bertz CT molecular complexity index is 1140. The van der Waals surface area contributed by atoms with Crippen LogP contribution in [0.4, 0.5) is 11.6 Å². The third-order valence-electron chi connectivity index (χ3n) is 3.95. The molecule has 0 aliphatic rings. The van der Waals surface area contributed by atoms with E-state index in [9.17, 15) is 4.79 Å². The molecule has 1 N–H and O–H groups in total. The molecule has 9 nitrogen and oxygen atoms in total. The molecule has 4 aromatic heterocycles. The van der Waals surface area contributed by atoms with Crippen molar-refractivity contribution in [2.24, 2.45) is 0 Å². The van der Waals surface area contributed by atoms with Crippen molar-refractivity contribution in [3.05, 3.63) is 67.0 Å². The number of nitrogens with one attached hydrogen (secondary N) is 1. The molecule has 4 aromatic rings. The fourth-order valence-corrected chi connectivity index (χ4v) is 2.92. The second-order valence-electron chi connectivity index (χ2n) is 5.81. The monoisotopic (exact) mass is 451 g/mol. The maximum Gasteiger partial charge on any atom is 0.356 e. The Morgan fingerprint density at radius 3 is 2.55 bits per heavy atom. The van der Waals surface area contributed by atoms with Gasteiger partial charge in [-0.25, -0.2) is 24.7 Å². The molecule has 10 heteroatoms. The van der Waals surface area contributed by atoms with E-state index in [1.165, 1.54) is 13.3 Å². The van der Waals surface area contributed by atoms with Crippen LogP contribution >= 0.6 is 16.1 Å². The number of pyridine rings is 2. The first-order valence-electron chi connectivity index (χ1n) is 8.45. The van der Waals surface area contributed by atoms with Gasteiger partial charge in [0.25, 0.3) is 0 Å². The van der Waals surface area contributed by atoms with E-state index >= 15 is 0 Å². The van der Waals surface area contributed by atoms with Crippen molar-refractivity contribution < 1.29 is 9.53 Å². The summed E-state index contributed by atoms with van der Waals surface area (Å²) in [6, 6.07) is 8.86. The number of hydrogen-bond donors (Lipinski definition) is 1. The van der Waals surface area contributed by atoms with Crippen molar-refractivity contribution >= 4 is 33.8 Å². The topological polar surface area (TPSA) is 108 Å². The molecule has 0 aliphatic heterocycles.